The van der Waals surface area contributed by atoms with E-state index in [1.54, 1.807) is 0 Å². The summed E-state index contributed by atoms with van der Waals surface area (Å²) in [6.07, 6.45) is 5.89. The molecule has 2 saturated carbocycles. The lowest BCUT2D eigenvalue weighted by Gasteiger charge is -2.02. The molecule has 1 aromatic carbocycles. The second-order valence-corrected chi connectivity index (χ2v) is 6.32. The summed E-state index contributed by atoms with van der Waals surface area (Å²) in [5.41, 5.74) is 3.36. The molecule has 4 rings (SSSR count). The van der Waals surface area contributed by atoms with Crippen molar-refractivity contribution < 1.29 is 4.79 Å². The van der Waals surface area contributed by atoms with Crippen molar-refractivity contribution in [3.63, 3.8) is 0 Å². The van der Waals surface area contributed by atoms with Crippen LogP contribution in [0, 0.1) is 24.7 Å². The van der Waals surface area contributed by atoms with E-state index in [2.05, 4.69) is 29.7 Å². The molecule has 0 aliphatic heterocycles. The zero-order valence-electron chi connectivity index (χ0n) is 11.5. The molecule has 0 saturated heterocycles. The molecule has 19 heavy (non-hydrogen) atoms. The molecule has 2 atom stereocenters. The van der Waals surface area contributed by atoms with E-state index in [9.17, 15) is 4.79 Å². The maximum atomic E-state index is 12.7. The summed E-state index contributed by atoms with van der Waals surface area (Å²) in [6.45, 7) is 2.10. The van der Waals surface area contributed by atoms with Crippen LogP contribution >= 0.6 is 0 Å². The van der Waals surface area contributed by atoms with Gasteiger partial charge in [0.25, 0.3) is 0 Å². The first-order chi connectivity index (χ1) is 9.16. The molecular formula is C17H19NO. The maximum absolute atomic E-state index is 12.7. The summed E-state index contributed by atoms with van der Waals surface area (Å²) in [5.74, 6) is 2.13. The van der Waals surface area contributed by atoms with E-state index in [1.807, 2.05) is 13.2 Å². The zero-order chi connectivity index (χ0) is 13.1. The molecule has 2 nitrogen and oxygen atoms in total. The summed E-state index contributed by atoms with van der Waals surface area (Å²) in [4.78, 5) is 12.7. The Balaban J connectivity index is 1.77. The molecule has 2 aromatic rings. The van der Waals surface area contributed by atoms with Crippen molar-refractivity contribution in [1.29, 1.82) is 0 Å². The third kappa shape index (κ3) is 1.52. The van der Waals surface area contributed by atoms with E-state index in [0.29, 0.717) is 23.5 Å². The van der Waals surface area contributed by atoms with Crippen LogP contribution in [0.25, 0.3) is 10.9 Å². The lowest BCUT2D eigenvalue weighted by atomic mass is 10.0. The number of hydrogen-bond donors (Lipinski definition) is 0. The number of hydrogen-bond acceptors (Lipinski definition) is 1. The first-order valence-electron chi connectivity index (χ1n) is 7.27. The predicted molar refractivity (Wildman–Crippen MR) is 76.3 cm³/mol. The molecule has 1 heterocycles. The van der Waals surface area contributed by atoms with Gasteiger partial charge in [0, 0.05) is 35.6 Å². The fraction of sp³-hybridized carbons (Fsp3) is 0.471. The Bertz CT molecular complexity index is 672. The van der Waals surface area contributed by atoms with Gasteiger partial charge in [0.1, 0.15) is 0 Å². The molecular weight excluding hydrogens is 234 g/mol. The topological polar surface area (TPSA) is 22.0 Å². The van der Waals surface area contributed by atoms with Gasteiger partial charge in [-0.15, -0.1) is 0 Å². The normalized spacial score (nSPS) is 28.6. The monoisotopic (exact) mass is 253 g/mol. The number of aryl methyl sites for hydroxylation is 2. The fourth-order valence-corrected chi connectivity index (χ4v) is 4.08. The first-order valence-corrected chi connectivity index (χ1v) is 7.27. The summed E-state index contributed by atoms with van der Waals surface area (Å²) in [5, 5.41) is 1.13. The van der Waals surface area contributed by atoms with Crippen molar-refractivity contribution in [2.75, 3.05) is 0 Å². The second-order valence-electron chi connectivity index (χ2n) is 6.32. The van der Waals surface area contributed by atoms with Gasteiger partial charge in [-0.05, 0) is 43.2 Å². The number of fused-ring (bicyclic) bond motifs is 2. The number of rotatable bonds is 2. The highest BCUT2D eigenvalue weighted by molar-refractivity contribution is 6.10. The standard InChI is InChI=1S/C17H19NO/c1-10-6-7-11-14(9-18(2)15(11)8-10)17(19)16-12-4-3-5-13(12)16/h6-9,12-13,16H,3-5H2,1-2H3. The number of carbonyl (C=O) groups is 1. The van der Waals surface area contributed by atoms with Gasteiger partial charge >= 0.3 is 0 Å². The third-order valence-electron chi connectivity index (χ3n) is 5.12. The van der Waals surface area contributed by atoms with Crippen molar-refractivity contribution in [1.82, 2.24) is 4.57 Å². The van der Waals surface area contributed by atoms with Gasteiger partial charge in [-0.25, -0.2) is 0 Å². The van der Waals surface area contributed by atoms with E-state index in [1.165, 1.54) is 30.3 Å². The molecule has 2 unspecified atom stereocenters. The van der Waals surface area contributed by atoms with Crippen LogP contribution in [0.1, 0.15) is 35.2 Å². The molecule has 98 valence electrons. The molecule has 2 aliphatic carbocycles. The fourth-order valence-electron chi connectivity index (χ4n) is 4.08. The number of carbonyl (C=O) groups excluding carboxylic acids is 1. The number of aromatic nitrogens is 1. The molecule has 1 aromatic heterocycles. The lowest BCUT2D eigenvalue weighted by molar-refractivity contribution is 0.0953. The third-order valence-corrected chi connectivity index (χ3v) is 5.12. The average molecular weight is 253 g/mol. The number of benzene rings is 1. The van der Waals surface area contributed by atoms with E-state index in [-0.39, 0.29) is 0 Å². The van der Waals surface area contributed by atoms with E-state index in [0.717, 1.165) is 10.9 Å². The molecule has 2 fully saturated rings. The molecule has 0 spiro atoms. The van der Waals surface area contributed by atoms with Gasteiger partial charge in [-0.1, -0.05) is 18.6 Å². The van der Waals surface area contributed by atoms with Gasteiger partial charge in [0.2, 0.25) is 0 Å². The minimum Gasteiger partial charge on any atom is -0.350 e. The van der Waals surface area contributed by atoms with Crippen molar-refractivity contribution in [2.24, 2.45) is 24.8 Å². The van der Waals surface area contributed by atoms with Crippen molar-refractivity contribution >= 4 is 16.7 Å². The molecule has 0 N–H and O–H groups in total. The molecule has 2 heteroatoms. The van der Waals surface area contributed by atoms with Crippen LogP contribution in [-0.2, 0) is 7.05 Å². The minimum atomic E-state index is 0.334. The highest BCUT2D eigenvalue weighted by Crippen LogP contribution is 2.58. The molecule has 2 aliphatic rings. The van der Waals surface area contributed by atoms with Crippen LogP contribution in [0.4, 0.5) is 0 Å². The lowest BCUT2D eigenvalue weighted by Crippen LogP contribution is -2.05. The average Bonchev–Trinajstić information content (AvgIpc) is 2.74. The quantitative estimate of drug-likeness (QED) is 0.748. The van der Waals surface area contributed by atoms with Crippen LogP contribution < -0.4 is 0 Å². The Morgan fingerprint density at radius 2 is 2.00 bits per heavy atom. The maximum Gasteiger partial charge on any atom is 0.168 e. The number of ketones is 1. The van der Waals surface area contributed by atoms with Gasteiger partial charge in [0.05, 0.1) is 0 Å². The Hall–Kier alpha value is -1.57. The summed E-state index contributed by atoms with van der Waals surface area (Å²) >= 11 is 0. The minimum absolute atomic E-state index is 0.334. The Morgan fingerprint density at radius 3 is 2.74 bits per heavy atom. The number of nitrogens with zero attached hydrogens (tertiary/aromatic N) is 1. The number of Topliss-reactive ketones (excluding diaryl/α,β-unsaturated/α-hetero) is 1. The predicted octanol–water partition coefficient (Wildman–Crippen LogP) is 3.72. The second kappa shape index (κ2) is 3.72. The van der Waals surface area contributed by atoms with Gasteiger partial charge < -0.3 is 4.57 Å². The van der Waals surface area contributed by atoms with Gasteiger partial charge in [-0.3, -0.25) is 4.79 Å². The van der Waals surface area contributed by atoms with Gasteiger partial charge in [-0.2, -0.15) is 0 Å². The summed E-state index contributed by atoms with van der Waals surface area (Å²) in [7, 11) is 2.03. The largest absolute Gasteiger partial charge is 0.350 e. The summed E-state index contributed by atoms with van der Waals surface area (Å²) in [6, 6.07) is 6.38. The van der Waals surface area contributed by atoms with Crippen LogP contribution in [0.2, 0.25) is 0 Å². The van der Waals surface area contributed by atoms with E-state index < -0.39 is 0 Å². The Morgan fingerprint density at radius 1 is 1.26 bits per heavy atom. The highest BCUT2D eigenvalue weighted by atomic mass is 16.1. The molecule has 0 radical (unpaired) electrons. The SMILES string of the molecule is Cc1ccc2c(C(=O)C3C4CCCC43)cn(C)c2c1. The zero-order valence-corrected chi connectivity index (χ0v) is 11.5. The van der Waals surface area contributed by atoms with E-state index in [4.69, 9.17) is 0 Å². The smallest absolute Gasteiger partial charge is 0.168 e. The Kier molecular flexibility index (Phi) is 2.21. The Labute approximate surface area is 113 Å². The molecule has 0 amide bonds. The highest BCUT2D eigenvalue weighted by Gasteiger charge is 2.56. The van der Waals surface area contributed by atoms with E-state index >= 15 is 0 Å². The van der Waals surface area contributed by atoms with Crippen LogP contribution in [0.3, 0.4) is 0 Å². The first kappa shape index (κ1) is 11.3. The van der Waals surface area contributed by atoms with Crippen molar-refractivity contribution in [3.05, 3.63) is 35.5 Å². The van der Waals surface area contributed by atoms with Crippen molar-refractivity contribution in [2.45, 2.75) is 26.2 Å². The summed E-state index contributed by atoms with van der Waals surface area (Å²) < 4.78 is 2.09. The van der Waals surface area contributed by atoms with Crippen LogP contribution in [-0.4, -0.2) is 10.4 Å². The van der Waals surface area contributed by atoms with Gasteiger partial charge in [0.15, 0.2) is 5.78 Å². The van der Waals surface area contributed by atoms with Crippen LogP contribution in [0.5, 0.6) is 0 Å². The van der Waals surface area contributed by atoms with Crippen LogP contribution in [0.15, 0.2) is 24.4 Å². The molecule has 0 bridgehead atoms. The van der Waals surface area contributed by atoms with Crippen molar-refractivity contribution in [3.8, 4) is 0 Å².